The average Bonchev–Trinajstić information content (AvgIpc) is 3.07. The van der Waals surface area contributed by atoms with Crippen LogP contribution in [-0.4, -0.2) is 72.5 Å². The van der Waals surface area contributed by atoms with Gasteiger partial charge in [0.1, 0.15) is 0 Å². The molecule has 6 nitrogen and oxygen atoms in total. The number of likely N-dealkylation sites (tertiary alicyclic amines) is 1. The van der Waals surface area contributed by atoms with Crippen molar-refractivity contribution in [2.24, 2.45) is 0 Å². The van der Waals surface area contributed by atoms with E-state index in [2.05, 4.69) is 27.7 Å². The predicted molar refractivity (Wildman–Crippen MR) is 104 cm³/mol. The number of hydrogen-bond acceptors (Lipinski definition) is 4. The molecule has 0 bridgehead atoms. The molecule has 2 aliphatic rings. The number of piperazine rings is 1. The standard InChI is InChI=1S/C19H30N4O2S/c24-18-7-2-1-3-9-22(18)10-5-8-20-19(25)23-13-11-21(12-14-23)16-17-6-4-15-26-17/h4,6,15H,1-3,5,7-14,16H2,(H,20,25). The first-order chi connectivity index (χ1) is 12.7. The Morgan fingerprint density at radius 3 is 2.73 bits per heavy atom. The van der Waals surface area contributed by atoms with Gasteiger partial charge in [-0.25, -0.2) is 4.79 Å². The van der Waals surface area contributed by atoms with Crippen LogP contribution in [0.1, 0.15) is 37.0 Å². The number of nitrogens with one attached hydrogen (secondary N) is 1. The number of amides is 3. The molecule has 0 spiro atoms. The SMILES string of the molecule is O=C1CCCCCN1CCCNC(=O)N1CCN(Cc2cccs2)CC1. The third-order valence-electron chi connectivity index (χ3n) is 5.17. The summed E-state index contributed by atoms with van der Waals surface area (Å²) in [6.07, 6.45) is 4.79. The molecule has 0 radical (unpaired) electrons. The molecule has 3 amide bonds. The molecule has 2 saturated heterocycles. The van der Waals surface area contributed by atoms with Crippen molar-refractivity contribution in [3.63, 3.8) is 0 Å². The molecule has 0 unspecified atom stereocenters. The van der Waals surface area contributed by atoms with Gasteiger partial charge >= 0.3 is 6.03 Å². The number of urea groups is 1. The lowest BCUT2D eigenvalue weighted by atomic mass is 10.2. The number of hydrogen-bond donors (Lipinski definition) is 1. The zero-order chi connectivity index (χ0) is 18.2. The molecular formula is C19H30N4O2S. The number of nitrogens with zero attached hydrogens (tertiary/aromatic N) is 3. The van der Waals surface area contributed by atoms with Gasteiger partial charge in [-0.05, 0) is 30.7 Å². The van der Waals surface area contributed by atoms with Gasteiger partial charge in [-0.2, -0.15) is 0 Å². The summed E-state index contributed by atoms with van der Waals surface area (Å²) in [5.41, 5.74) is 0. The molecule has 7 heteroatoms. The van der Waals surface area contributed by atoms with E-state index in [0.29, 0.717) is 13.0 Å². The lowest BCUT2D eigenvalue weighted by molar-refractivity contribution is -0.130. The van der Waals surface area contributed by atoms with Gasteiger partial charge in [0, 0.05) is 63.7 Å². The molecule has 2 fully saturated rings. The van der Waals surface area contributed by atoms with Crippen LogP contribution in [0.5, 0.6) is 0 Å². The molecule has 0 aromatic carbocycles. The fourth-order valence-electron chi connectivity index (χ4n) is 3.58. The zero-order valence-electron chi connectivity index (χ0n) is 15.5. The van der Waals surface area contributed by atoms with E-state index >= 15 is 0 Å². The first-order valence-electron chi connectivity index (χ1n) is 9.77. The number of carbonyl (C=O) groups is 2. The van der Waals surface area contributed by atoms with Crippen LogP contribution >= 0.6 is 11.3 Å². The van der Waals surface area contributed by atoms with Crippen molar-refractivity contribution in [3.05, 3.63) is 22.4 Å². The Bertz CT molecular complexity index is 570. The molecule has 0 aliphatic carbocycles. The summed E-state index contributed by atoms with van der Waals surface area (Å²) in [6, 6.07) is 4.28. The van der Waals surface area contributed by atoms with Gasteiger partial charge < -0.3 is 15.1 Å². The van der Waals surface area contributed by atoms with Crippen LogP contribution in [0.15, 0.2) is 17.5 Å². The third kappa shape index (κ3) is 5.71. The normalized spacial score (nSPS) is 19.5. The van der Waals surface area contributed by atoms with E-state index in [9.17, 15) is 9.59 Å². The predicted octanol–water partition coefficient (Wildman–Crippen LogP) is 2.37. The van der Waals surface area contributed by atoms with E-state index in [1.807, 2.05) is 9.80 Å². The molecule has 3 rings (SSSR count). The fourth-order valence-corrected chi connectivity index (χ4v) is 4.33. The summed E-state index contributed by atoms with van der Waals surface area (Å²) in [6.45, 7) is 6.66. The van der Waals surface area contributed by atoms with Gasteiger partial charge in [0.05, 0.1) is 0 Å². The maximum atomic E-state index is 12.3. The van der Waals surface area contributed by atoms with Crippen LogP contribution in [0.3, 0.4) is 0 Å². The highest BCUT2D eigenvalue weighted by Gasteiger charge is 2.21. The van der Waals surface area contributed by atoms with Gasteiger partial charge in [-0.1, -0.05) is 12.5 Å². The smallest absolute Gasteiger partial charge is 0.317 e. The molecular weight excluding hydrogens is 348 g/mol. The van der Waals surface area contributed by atoms with E-state index < -0.39 is 0 Å². The second-order valence-electron chi connectivity index (χ2n) is 7.12. The van der Waals surface area contributed by atoms with Gasteiger partial charge in [0.2, 0.25) is 5.91 Å². The Hall–Kier alpha value is -1.60. The molecule has 0 atom stereocenters. The summed E-state index contributed by atoms with van der Waals surface area (Å²) in [5.74, 6) is 0.274. The van der Waals surface area contributed by atoms with Gasteiger partial charge in [0.15, 0.2) is 0 Å². The molecule has 0 saturated carbocycles. The Kier molecular flexibility index (Phi) is 7.32. The molecule has 1 aromatic rings. The van der Waals surface area contributed by atoms with Crippen molar-refractivity contribution in [2.45, 2.75) is 38.6 Å². The summed E-state index contributed by atoms with van der Waals surface area (Å²) >= 11 is 1.79. The second kappa shape index (κ2) is 9.92. The Labute approximate surface area is 160 Å². The first kappa shape index (κ1) is 19.2. The van der Waals surface area contributed by atoms with E-state index in [1.54, 1.807) is 11.3 Å². The van der Waals surface area contributed by atoms with Crippen LogP contribution in [-0.2, 0) is 11.3 Å². The van der Waals surface area contributed by atoms with Crippen molar-refractivity contribution < 1.29 is 9.59 Å². The average molecular weight is 379 g/mol. The zero-order valence-corrected chi connectivity index (χ0v) is 16.3. The van der Waals surface area contributed by atoms with Crippen molar-refractivity contribution in [1.29, 1.82) is 0 Å². The molecule has 144 valence electrons. The van der Waals surface area contributed by atoms with E-state index in [-0.39, 0.29) is 11.9 Å². The van der Waals surface area contributed by atoms with Crippen molar-refractivity contribution in [3.8, 4) is 0 Å². The minimum atomic E-state index is 0.0305. The molecule has 2 aliphatic heterocycles. The van der Waals surface area contributed by atoms with Gasteiger partial charge in [0.25, 0.3) is 0 Å². The lowest BCUT2D eigenvalue weighted by Crippen LogP contribution is -2.51. The van der Waals surface area contributed by atoms with Crippen LogP contribution < -0.4 is 5.32 Å². The first-order valence-corrected chi connectivity index (χ1v) is 10.7. The molecule has 1 aromatic heterocycles. The fraction of sp³-hybridized carbons (Fsp3) is 0.684. The summed E-state index contributed by atoms with van der Waals surface area (Å²) in [4.78, 5) is 31.9. The van der Waals surface area contributed by atoms with Crippen molar-refractivity contribution in [1.82, 2.24) is 20.0 Å². The second-order valence-corrected chi connectivity index (χ2v) is 8.15. The number of rotatable bonds is 6. The maximum Gasteiger partial charge on any atom is 0.317 e. The number of carbonyl (C=O) groups excluding carboxylic acids is 2. The van der Waals surface area contributed by atoms with Crippen molar-refractivity contribution >= 4 is 23.3 Å². The highest BCUT2D eigenvalue weighted by molar-refractivity contribution is 7.09. The van der Waals surface area contributed by atoms with Crippen LogP contribution in [0, 0.1) is 0 Å². The quantitative estimate of drug-likeness (QED) is 0.773. The lowest BCUT2D eigenvalue weighted by Gasteiger charge is -2.34. The van der Waals surface area contributed by atoms with Crippen LogP contribution in [0.2, 0.25) is 0 Å². The maximum absolute atomic E-state index is 12.3. The summed E-state index contributed by atoms with van der Waals surface area (Å²) in [5, 5.41) is 5.12. The van der Waals surface area contributed by atoms with Crippen LogP contribution in [0.4, 0.5) is 4.79 Å². The highest BCUT2D eigenvalue weighted by atomic mass is 32.1. The molecule has 26 heavy (non-hydrogen) atoms. The Morgan fingerprint density at radius 1 is 1.12 bits per heavy atom. The third-order valence-corrected chi connectivity index (χ3v) is 6.03. The van der Waals surface area contributed by atoms with E-state index in [0.717, 1.165) is 71.5 Å². The minimum Gasteiger partial charge on any atom is -0.343 e. The van der Waals surface area contributed by atoms with E-state index in [4.69, 9.17) is 0 Å². The van der Waals surface area contributed by atoms with E-state index in [1.165, 1.54) is 4.88 Å². The molecule has 1 N–H and O–H groups in total. The van der Waals surface area contributed by atoms with Crippen molar-refractivity contribution in [2.75, 3.05) is 45.8 Å². The molecule has 3 heterocycles. The summed E-state index contributed by atoms with van der Waals surface area (Å²) < 4.78 is 0. The summed E-state index contributed by atoms with van der Waals surface area (Å²) in [7, 11) is 0. The topological polar surface area (TPSA) is 55.9 Å². The monoisotopic (exact) mass is 378 g/mol. The Morgan fingerprint density at radius 2 is 1.96 bits per heavy atom. The largest absolute Gasteiger partial charge is 0.343 e. The van der Waals surface area contributed by atoms with Crippen LogP contribution in [0.25, 0.3) is 0 Å². The highest BCUT2D eigenvalue weighted by Crippen LogP contribution is 2.14. The Balaban J connectivity index is 1.30. The van der Waals surface area contributed by atoms with Gasteiger partial charge in [-0.15, -0.1) is 11.3 Å². The minimum absolute atomic E-state index is 0.0305. The van der Waals surface area contributed by atoms with Gasteiger partial charge in [-0.3, -0.25) is 9.69 Å². The number of thiophene rings is 1.